The zero-order valence-electron chi connectivity index (χ0n) is 11.4. The molecule has 0 aromatic rings. The predicted molar refractivity (Wildman–Crippen MR) is 73.8 cm³/mol. The van der Waals surface area contributed by atoms with Crippen molar-refractivity contribution in [2.75, 3.05) is 14.1 Å². The third-order valence-corrected chi connectivity index (χ3v) is 16.9. The number of hydrogen-bond donors (Lipinski definition) is 0. The molecule has 5 heteroatoms. The van der Waals surface area contributed by atoms with E-state index in [2.05, 4.69) is 68.4 Å². The highest BCUT2D eigenvalue weighted by Gasteiger charge is 2.39. The minimum absolute atomic E-state index is 0.470. The fourth-order valence-electron chi connectivity index (χ4n) is 2.18. The molecule has 0 fully saturated rings. The highest BCUT2D eigenvalue weighted by molar-refractivity contribution is 6.98. The Kier molecular flexibility index (Phi) is 4.80. The van der Waals surface area contributed by atoms with Crippen molar-refractivity contribution in [1.29, 1.82) is 0 Å². The Balaban J connectivity index is 4.94. The highest BCUT2D eigenvalue weighted by atomic mass is 28.5. The summed E-state index contributed by atoms with van der Waals surface area (Å²) in [6, 6.07) is 0. The van der Waals surface area contributed by atoms with Gasteiger partial charge in [0.2, 0.25) is 9.12 Å². The van der Waals surface area contributed by atoms with E-state index in [1.807, 2.05) is 0 Å². The summed E-state index contributed by atoms with van der Waals surface area (Å²) in [5.74, 6) is 0. The molecule has 1 radical (unpaired) electrons. The Bertz CT molecular complexity index is 167. The zero-order valence-corrected chi connectivity index (χ0v) is 14.4. The van der Waals surface area contributed by atoms with Crippen molar-refractivity contribution in [3.63, 3.8) is 0 Å². The van der Waals surface area contributed by atoms with Gasteiger partial charge in [-0.1, -0.05) is 39.3 Å². The van der Waals surface area contributed by atoms with Crippen LogP contribution in [0, 0.1) is 0 Å². The maximum Gasteiger partial charge on any atom is 0.211 e. The Labute approximate surface area is 94.2 Å². The van der Waals surface area contributed by atoms with Gasteiger partial charge in [0.15, 0.2) is 0 Å². The number of rotatable bonds is 4. The molecule has 0 aromatic heterocycles. The first-order valence-electron chi connectivity index (χ1n) is 5.29. The fourth-order valence-corrected chi connectivity index (χ4v) is 19.6. The molecule has 0 aromatic carbocycles. The molecule has 0 saturated heterocycles. The number of nitrogens with zero attached hydrogens (tertiary/aromatic N) is 2. The van der Waals surface area contributed by atoms with Crippen LogP contribution in [0.1, 0.15) is 0 Å². The monoisotopic (exact) mass is 247 g/mol. The lowest BCUT2D eigenvalue weighted by Gasteiger charge is -2.48. The van der Waals surface area contributed by atoms with Crippen LogP contribution in [-0.4, -0.2) is 48.1 Å². The van der Waals surface area contributed by atoms with Gasteiger partial charge in [0.05, 0.1) is 0 Å². The van der Waals surface area contributed by atoms with E-state index in [9.17, 15) is 0 Å². The van der Waals surface area contributed by atoms with Crippen LogP contribution in [0.4, 0.5) is 0 Å². The highest BCUT2D eigenvalue weighted by Crippen LogP contribution is 2.21. The van der Waals surface area contributed by atoms with E-state index in [1.54, 1.807) is 0 Å². The molecule has 0 N–H and O–H groups in total. The normalized spacial score (nSPS) is 14.6. The summed E-state index contributed by atoms with van der Waals surface area (Å²) < 4.78 is 5.35. The second kappa shape index (κ2) is 4.61. The van der Waals surface area contributed by atoms with Gasteiger partial charge in [0.1, 0.15) is 16.5 Å². The zero-order chi connectivity index (χ0) is 11.7. The SMILES string of the molecule is CN(C)[Si](C)N([Si](C)(C)C)[Si](C)(C)C. The summed E-state index contributed by atoms with van der Waals surface area (Å²) in [6.45, 7) is 17.3. The van der Waals surface area contributed by atoms with Gasteiger partial charge >= 0.3 is 0 Å². The van der Waals surface area contributed by atoms with Crippen LogP contribution in [-0.2, 0) is 0 Å². The van der Waals surface area contributed by atoms with Crippen LogP contribution in [0.15, 0.2) is 0 Å². The molecule has 0 aliphatic rings. The second-order valence-electron chi connectivity index (χ2n) is 6.12. The van der Waals surface area contributed by atoms with Crippen molar-refractivity contribution in [3.8, 4) is 0 Å². The van der Waals surface area contributed by atoms with Crippen LogP contribution in [0.3, 0.4) is 0 Å². The van der Waals surface area contributed by atoms with Gasteiger partial charge in [-0.05, 0) is 20.6 Å². The molecule has 0 atom stereocenters. The summed E-state index contributed by atoms with van der Waals surface area (Å²) in [5.41, 5.74) is 0. The van der Waals surface area contributed by atoms with Crippen LogP contribution in [0.2, 0.25) is 45.8 Å². The molecular formula is C9H27N2Si3. The molecule has 0 unspecified atom stereocenters. The van der Waals surface area contributed by atoms with Gasteiger partial charge in [0.25, 0.3) is 0 Å². The Morgan fingerprint density at radius 2 is 1.07 bits per heavy atom. The lowest BCUT2D eigenvalue weighted by molar-refractivity contribution is 0.602. The Hall–Kier alpha value is 0.571. The summed E-state index contributed by atoms with van der Waals surface area (Å²) in [5, 5.41) is 0. The molecule has 0 saturated carbocycles. The van der Waals surface area contributed by atoms with Crippen molar-refractivity contribution in [1.82, 2.24) is 8.46 Å². The van der Waals surface area contributed by atoms with E-state index in [4.69, 9.17) is 0 Å². The first-order valence-corrected chi connectivity index (χ1v) is 14.1. The molecule has 0 aliphatic carbocycles. The third-order valence-electron chi connectivity index (χ3n) is 2.31. The van der Waals surface area contributed by atoms with Crippen molar-refractivity contribution < 1.29 is 0 Å². The van der Waals surface area contributed by atoms with Gasteiger partial charge in [0, 0.05) is 0 Å². The lowest BCUT2D eigenvalue weighted by atomic mass is 11.3. The number of hydrogen-bond acceptors (Lipinski definition) is 2. The first-order chi connectivity index (χ1) is 5.98. The van der Waals surface area contributed by atoms with E-state index in [0.29, 0.717) is 0 Å². The van der Waals surface area contributed by atoms with E-state index in [0.717, 1.165) is 0 Å². The summed E-state index contributed by atoms with van der Waals surface area (Å²) in [4.78, 5) is 0. The lowest BCUT2D eigenvalue weighted by Crippen LogP contribution is -2.67. The smallest absolute Gasteiger partial charge is 0.211 e. The Morgan fingerprint density at radius 3 is 1.14 bits per heavy atom. The van der Waals surface area contributed by atoms with E-state index < -0.39 is 25.6 Å². The van der Waals surface area contributed by atoms with E-state index in [-0.39, 0.29) is 0 Å². The minimum Gasteiger partial charge on any atom is -0.357 e. The molecule has 85 valence electrons. The van der Waals surface area contributed by atoms with E-state index >= 15 is 0 Å². The summed E-state index contributed by atoms with van der Waals surface area (Å²) in [7, 11) is 1.68. The molecule has 14 heavy (non-hydrogen) atoms. The third kappa shape index (κ3) is 3.98. The molecule has 0 amide bonds. The Morgan fingerprint density at radius 1 is 0.786 bits per heavy atom. The average molecular weight is 248 g/mol. The molecule has 0 spiro atoms. The second-order valence-corrected chi connectivity index (χ2v) is 19.5. The largest absolute Gasteiger partial charge is 0.357 e. The van der Waals surface area contributed by atoms with Crippen LogP contribution < -0.4 is 0 Å². The van der Waals surface area contributed by atoms with Crippen LogP contribution in [0.5, 0.6) is 0 Å². The van der Waals surface area contributed by atoms with Gasteiger partial charge in [-0.25, -0.2) is 0 Å². The maximum absolute atomic E-state index is 2.92. The predicted octanol–water partition coefficient (Wildman–Crippen LogP) is 2.64. The van der Waals surface area contributed by atoms with Crippen LogP contribution >= 0.6 is 0 Å². The van der Waals surface area contributed by atoms with Gasteiger partial charge < -0.3 is 8.46 Å². The van der Waals surface area contributed by atoms with Crippen molar-refractivity contribution in [3.05, 3.63) is 0 Å². The molecule has 0 heterocycles. The van der Waals surface area contributed by atoms with Gasteiger partial charge in [-0.3, -0.25) is 0 Å². The van der Waals surface area contributed by atoms with Gasteiger partial charge in [-0.15, -0.1) is 0 Å². The van der Waals surface area contributed by atoms with Crippen molar-refractivity contribution in [2.45, 2.75) is 45.8 Å². The first kappa shape index (κ1) is 14.6. The molecule has 0 bridgehead atoms. The fraction of sp³-hybridized carbons (Fsp3) is 1.00. The van der Waals surface area contributed by atoms with E-state index in [1.165, 1.54) is 0 Å². The molecule has 2 nitrogen and oxygen atoms in total. The molecule has 0 rings (SSSR count). The molecule has 0 aliphatic heterocycles. The quantitative estimate of drug-likeness (QED) is 0.705. The van der Waals surface area contributed by atoms with Crippen LogP contribution in [0.25, 0.3) is 0 Å². The average Bonchev–Trinajstić information content (AvgIpc) is 1.79. The topological polar surface area (TPSA) is 6.48 Å². The van der Waals surface area contributed by atoms with Crippen molar-refractivity contribution in [2.24, 2.45) is 0 Å². The summed E-state index contributed by atoms with van der Waals surface area (Å²) >= 11 is 0. The minimum atomic E-state index is -1.15. The maximum atomic E-state index is 2.92. The standard InChI is InChI=1S/C9H27N2Si3/c1-10(2)12(3)11(13(4,5)6)14(7,8)9/h1-9H3. The molecular weight excluding hydrogens is 220 g/mol. The summed E-state index contributed by atoms with van der Waals surface area (Å²) in [6.07, 6.45) is 0. The van der Waals surface area contributed by atoms with Gasteiger partial charge in [-0.2, -0.15) is 0 Å². The van der Waals surface area contributed by atoms with Crippen molar-refractivity contribution >= 4 is 25.6 Å².